The Hall–Kier alpha value is -0.320. The topological polar surface area (TPSA) is 73.8 Å². The van der Waals surface area contributed by atoms with E-state index in [-0.39, 0.29) is 0 Å². The van der Waals surface area contributed by atoms with E-state index in [9.17, 15) is 0 Å². The molecule has 4 atom stereocenters. The third-order valence-corrected chi connectivity index (χ3v) is 3.92. The molecule has 0 bridgehead atoms. The molecule has 26 heavy (non-hydrogen) atoms. The van der Waals surface area contributed by atoms with Crippen LogP contribution >= 0.6 is 0 Å². The highest BCUT2D eigenvalue weighted by molar-refractivity contribution is 4.59. The number of rotatable bonds is 17. The molecule has 158 valence electrons. The minimum Gasteiger partial charge on any atom is -0.353 e. The van der Waals surface area contributed by atoms with Crippen molar-refractivity contribution in [2.75, 3.05) is 14.2 Å². The van der Waals surface area contributed by atoms with Crippen LogP contribution in [0.2, 0.25) is 0 Å². The molecule has 0 N–H and O–H groups in total. The van der Waals surface area contributed by atoms with Gasteiger partial charge in [0.1, 0.15) is 0 Å². The molecule has 0 aliphatic heterocycles. The summed E-state index contributed by atoms with van der Waals surface area (Å²) in [5.41, 5.74) is 0. The van der Waals surface area contributed by atoms with Gasteiger partial charge in [-0.15, -0.1) is 0 Å². The number of hydrogen-bond acceptors (Lipinski definition) is 8. The normalized spacial score (nSPS) is 18.9. The smallest absolute Gasteiger partial charge is 0.231 e. The van der Waals surface area contributed by atoms with Gasteiger partial charge in [-0.1, -0.05) is 40.5 Å². The average Bonchev–Trinajstić information content (AvgIpc) is 2.66. The fourth-order valence-electron chi connectivity index (χ4n) is 1.63. The lowest BCUT2D eigenvalue weighted by molar-refractivity contribution is -0.590. The molecule has 0 aromatic rings. The van der Waals surface area contributed by atoms with Gasteiger partial charge in [-0.25, -0.2) is 9.78 Å². The van der Waals surface area contributed by atoms with Gasteiger partial charge < -0.3 is 9.47 Å². The Morgan fingerprint density at radius 2 is 0.962 bits per heavy atom. The first-order chi connectivity index (χ1) is 12.3. The van der Waals surface area contributed by atoms with Gasteiger partial charge in [-0.2, -0.15) is 19.6 Å². The molecule has 0 saturated heterocycles. The van der Waals surface area contributed by atoms with Gasteiger partial charge in [0.05, 0.1) is 0 Å². The highest BCUT2D eigenvalue weighted by Crippen LogP contribution is 2.26. The van der Waals surface area contributed by atoms with Gasteiger partial charge in [0, 0.05) is 39.9 Å². The van der Waals surface area contributed by atoms with Gasteiger partial charge >= 0.3 is 0 Å². The largest absolute Gasteiger partial charge is 0.353 e. The predicted octanol–water partition coefficient (Wildman–Crippen LogP) is 4.63. The van der Waals surface area contributed by atoms with Gasteiger partial charge in [0.2, 0.25) is 11.6 Å². The Labute approximate surface area is 158 Å². The molecule has 0 aromatic carbocycles. The van der Waals surface area contributed by atoms with E-state index in [0.29, 0.717) is 25.7 Å². The monoisotopic (exact) mass is 382 g/mol. The van der Waals surface area contributed by atoms with Gasteiger partial charge in [-0.3, -0.25) is 0 Å². The third-order valence-electron chi connectivity index (χ3n) is 3.92. The summed E-state index contributed by atoms with van der Waals surface area (Å²) < 4.78 is 10.4. The van der Waals surface area contributed by atoms with Crippen LogP contribution < -0.4 is 0 Å². The quantitative estimate of drug-likeness (QED) is 0.205. The predicted molar refractivity (Wildman–Crippen MR) is 95.3 cm³/mol. The van der Waals surface area contributed by atoms with Crippen molar-refractivity contribution < 1.29 is 38.8 Å². The Morgan fingerprint density at radius 1 is 0.615 bits per heavy atom. The molecular weight excluding hydrogens is 344 g/mol. The molecule has 0 aromatic heterocycles. The molecule has 0 aliphatic rings. The maximum Gasteiger partial charge on any atom is 0.231 e. The summed E-state index contributed by atoms with van der Waals surface area (Å²) in [5, 5.41) is 0. The summed E-state index contributed by atoms with van der Waals surface area (Å²) in [7, 11) is 3.12. The first-order valence-corrected chi connectivity index (χ1v) is 9.43. The molecule has 0 fully saturated rings. The van der Waals surface area contributed by atoms with Crippen molar-refractivity contribution in [2.24, 2.45) is 0 Å². The lowest BCUT2D eigenvalue weighted by atomic mass is 10.2. The van der Waals surface area contributed by atoms with Crippen LogP contribution in [0.25, 0.3) is 0 Å². The standard InChI is InChI=1S/C18H38O8/c1-9-13-15(19-7)21-23-17(5,11-3)25-26-18(6,12-4)24-22-16(20-8)14-10-2/h15-16H,9-14H2,1-8H3. The summed E-state index contributed by atoms with van der Waals surface area (Å²) in [6.07, 6.45) is 3.23. The fraction of sp³-hybridized carbons (Fsp3) is 1.00. The second-order valence-corrected chi connectivity index (χ2v) is 6.41. The molecule has 0 radical (unpaired) electrons. The van der Waals surface area contributed by atoms with E-state index >= 15 is 0 Å². The van der Waals surface area contributed by atoms with Crippen molar-refractivity contribution in [2.45, 2.75) is 104 Å². The highest BCUT2D eigenvalue weighted by atomic mass is 17.4. The van der Waals surface area contributed by atoms with E-state index in [4.69, 9.17) is 38.8 Å². The number of ether oxygens (including phenoxy) is 2. The summed E-state index contributed by atoms with van der Waals surface area (Å²) >= 11 is 0. The summed E-state index contributed by atoms with van der Waals surface area (Å²) in [5.74, 6) is -2.26. The van der Waals surface area contributed by atoms with Crippen LogP contribution in [0.1, 0.15) is 80.1 Å². The van der Waals surface area contributed by atoms with E-state index in [1.807, 2.05) is 27.7 Å². The second kappa shape index (κ2) is 13.8. The Balaban J connectivity index is 4.61. The van der Waals surface area contributed by atoms with Crippen molar-refractivity contribution >= 4 is 0 Å². The Kier molecular flexibility index (Phi) is 13.6. The summed E-state index contributed by atoms with van der Waals surface area (Å²) in [6, 6.07) is 0. The minimum absolute atomic E-state index is 0.469. The number of methoxy groups -OCH3 is 2. The van der Waals surface area contributed by atoms with Crippen LogP contribution in [0.4, 0.5) is 0 Å². The molecule has 8 heteroatoms. The van der Waals surface area contributed by atoms with Crippen molar-refractivity contribution in [3.8, 4) is 0 Å². The molecule has 0 saturated carbocycles. The van der Waals surface area contributed by atoms with E-state index in [1.54, 1.807) is 28.1 Å². The third kappa shape index (κ3) is 10.1. The molecule has 8 nitrogen and oxygen atoms in total. The molecule has 0 amide bonds. The molecule has 4 unspecified atom stereocenters. The van der Waals surface area contributed by atoms with Crippen LogP contribution in [-0.4, -0.2) is 38.4 Å². The molecular formula is C18H38O8. The van der Waals surface area contributed by atoms with E-state index in [1.165, 1.54) is 0 Å². The van der Waals surface area contributed by atoms with Crippen LogP contribution in [0.15, 0.2) is 0 Å². The molecule has 0 aliphatic carbocycles. The second-order valence-electron chi connectivity index (χ2n) is 6.41. The SMILES string of the molecule is CCCC(OC)OOC(C)(CC)OOC(C)(CC)OOC(CCC)OC. The van der Waals surface area contributed by atoms with Gasteiger partial charge in [-0.05, 0) is 13.8 Å². The average molecular weight is 382 g/mol. The number of hydrogen-bond donors (Lipinski definition) is 0. The first-order valence-electron chi connectivity index (χ1n) is 9.43. The van der Waals surface area contributed by atoms with Crippen LogP contribution in [0.3, 0.4) is 0 Å². The van der Waals surface area contributed by atoms with E-state index < -0.39 is 24.2 Å². The Bertz CT molecular complexity index is 311. The van der Waals surface area contributed by atoms with Crippen LogP contribution in [-0.2, 0) is 38.8 Å². The minimum atomic E-state index is -1.13. The maximum absolute atomic E-state index is 5.49. The van der Waals surface area contributed by atoms with Crippen LogP contribution in [0, 0.1) is 0 Å². The zero-order chi connectivity index (χ0) is 20.1. The van der Waals surface area contributed by atoms with Crippen LogP contribution in [0.5, 0.6) is 0 Å². The summed E-state index contributed by atoms with van der Waals surface area (Å²) in [4.78, 5) is 32.4. The van der Waals surface area contributed by atoms with Gasteiger partial charge in [0.25, 0.3) is 0 Å². The first kappa shape index (κ1) is 25.7. The van der Waals surface area contributed by atoms with Crippen molar-refractivity contribution in [3.63, 3.8) is 0 Å². The molecule has 0 heterocycles. The maximum atomic E-state index is 5.49. The van der Waals surface area contributed by atoms with Crippen molar-refractivity contribution in [3.05, 3.63) is 0 Å². The summed E-state index contributed by atoms with van der Waals surface area (Å²) in [6.45, 7) is 11.2. The lowest BCUT2D eigenvalue weighted by Gasteiger charge is -2.33. The fourth-order valence-corrected chi connectivity index (χ4v) is 1.63. The highest BCUT2D eigenvalue weighted by Gasteiger charge is 2.35. The zero-order valence-corrected chi connectivity index (χ0v) is 17.7. The lowest BCUT2D eigenvalue weighted by Crippen LogP contribution is -2.41. The zero-order valence-electron chi connectivity index (χ0n) is 17.7. The van der Waals surface area contributed by atoms with Gasteiger partial charge in [0.15, 0.2) is 12.6 Å². The van der Waals surface area contributed by atoms with Crippen molar-refractivity contribution in [1.82, 2.24) is 0 Å². The molecule has 0 rings (SSSR count). The Morgan fingerprint density at radius 3 is 1.19 bits per heavy atom. The molecule has 0 spiro atoms. The van der Waals surface area contributed by atoms with E-state index in [0.717, 1.165) is 12.8 Å². The van der Waals surface area contributed by atoms with E-state index in [2.05, 4.69) is 0 Å². The van der Waals surface area contributed by atoms with Crippen molar-refractivity contribution in [1.29, 1.82) is 0 Å².